The third-order valence-corrected chi connectivity index (χ3v) is 5.55. The van der Waals surface area contributed by atoms with Crippen LogP contribution in [0.15, 0.2) is 52.3 Å². The summed E-state index contributed by atoms with van der Waals surface area (Å²) in [6.45, 7) is 2.71. The number of nitrogens with zero attached hydrogens (tertiary/aromatic N) is 3. The molecule has 0 bridgehead atoms. The minimum absolute atomic E-state index is 0.268. The Morgan fingerprint density at radius 1 is 1.22 bits per heavy atom. The van der Waals surface area contributed by atoms with Gasteiger partial charge in [0.15, 0.2) is 0 Å². The number of aromatic amines is 2. The van der Waals surface area contributed by atoms with E-state index in [2.05, 4.69) is 15.1 Å². The highest BCUT2D eigenvalue weighted by Crippen LogP contribution is 2.23. The maximum atomic E-state index is 13.9. The van der Waals surface area contributed by atoms with E-state index in [0.29, 0.717) is 41.8 Å². The van der Waals surface area contributed by atoms with Crippen LogP contribution in [0, 0.1) is 5.82 Å². The van der Waals surface area contributed by atoms with Crippen LogP contribution in [0.25, 0.3) is 11.0 Å². The number of H-pyrrole nitrogens is 2. The fraction of sp³-hybridized carbons (Fsp3) is 0.348. The zero-order valence-corrected chi connectivity index (χ0v) is 18.1. The minimum atomic E-state index is -0.412. The van der Waals surface area contributed by atoms with Gasteiger partial charge in [-0.15, -0.1) is 0 Å². The SMILES string of the molecule is CCCCn1c(=O)[nH]c2cc(C(Cc3cnn(Cc4ccccc4F)c3)OC)[nH]c2c1=O. The van der Waals surface area contributed by atoms with Gasteiger partial charge in [0.2, 0.25) is 0 Å². The molecule has 1 atom stereocenters. The van der Waals surface area contributed by atoms with E-state index < -0.39 is 5.69 Å². The number of unbranched alkanes of at least 4 members (excludes halogenated alkanes) is 1. The third kappa shape index (κ3) is 4.43. The van der Waals surface area contributed by atoms with Crippen LogP contribution in [0.5, 0.6) is 0 Å². The van der Waals surface area contributed by atoms with E-state index in [0.717, 1.165) is 18.4 Å². The standard InChI is InChI=1S/C23H26FN5O3/c1-3-4-9-29-22(30)21-19(27-23(29)31)11-18(26-21)20(32-2)10-15-12-25-28(13-15)14-16-7-5-6-8-17(16)24/h5-8,11-13,20,26H,3-4,9-10,14H2,1-2H3,(H,27,31). The van der Waals surface area contributed by atoms with Crippen LogP contribution in [0.2, 0.25) is 0 Å². The maximum absolute atomic E-state index is 13.9. The topological polar surface area (TPSA) is 97.7 Å². The summed E-state index contributed by atoms with van der Waals surface area (Å²) >= 11 is 0. The highest BCUT2D eigenvalue weighted by atomic mass is 19.1. The Morgan fingerprint density at radius 3 is 2.78 bits per heavy atom. The zero-order valence-electron chi connectivity index (χ0n) is 18.1. The van der Waals surface area contributed by atoms with Crippen molar-refractivity contribution in [3.05, 3.63) is 86.2 Å². The van der Waals surface area contributed by atoms with Crippen molar-refractivity contribution in [3.8, 4) is 0 Å². The molecule has 168 valence electrons. The molecule has 2 N–H and O–H groups in total. The maximum Gasteiger partial charge on any atom is 0.328 e. The largest absolute Gasteiger partial charge is 0.375 e. The number of rotatable bonds is 9. The molecule has 3 aromatic heterocycles. The highest BCUT2D eigenvalue weighted by molar-refractivity contribution is 5.74. The highest BCUT2D eigenvalue weighted by Gasteiger charge is 2.18. The Hall–Kier alpha value is -3.46. The van der Waals surface area contributed by atoms with E-state index >= 15 is 0 Å². The van der Waals surface area contributed by atoms with Gasteiger partial charge < -0.3 is 14.7 Å². The smallest absolute Gasteiger partial charge is 0.328 e. The number of aromatic nitrogens is 5. The molecule has 0 fully saturated rings. The van der Waals surface area contributed by atoms with E-state index in [1.54, 1.807) is 42.3 Å². The fourth-order valence-electron chi connectivity index (χ4n) is 3.78. The number of methoxy groups -OCH3 is 1. The number of benzene rings is 1. The summed E-state index contributed by atoms with van der Waals surface area (Å²) < 4.78 is 22.5. The van der Waals surface area contributed by atoms with Crippen LogP contribution in [-0.2, 0) is 24.2 Å². The summed E-state index contributed by atoms with van der Waals surface area (Å²) in [5.74, 6) is -0.268. The van der Waals surface area contributed by atoms with Crippen molar-refractivity contribution in [1.82, 2.24) is 24.3 Å². The van der Waals surface area contributed by atoms with Crippen molar-refractivity contribution in [3.63, 3.8) is 0 Å². The van der Waals surface area contributed by atoms with Gasteiger partial charge in [-0.1, -0.05) is 31.5 Å². The molecular weight excluding hydrogens is 413 g/mol. The second-order valence-electron chi connectivity index (χ2n) is 7.82. The van der Waals surface area contributed by atoms with Crippen LogP contribution in [0.3, 0.4) is 0 Å². The predicted molar refractivity (Wildman–Crippen MR) is 119 cm³/mol. The second kappa shape index (κ2) is 9.35. The average molecular weight is 439 g/mol. The monoisotopic (exact) mass is 439 g/mol. The van der Waals surface area contributed by atoms with Crippen molar-refractivity contribution in [1.29, 1.82) is 0 Å². The number of hydrogen-bond donors (Lipinski definition) is 2. The molecule has 0 saturated heterocycles. The van der Waals surface area contributed by atoms with E-state index in [9.17, 15) is 14.0 Å². The minimum Gasteiger partial charge on any atom is -0.375 e. The Balaban J connectivity index is 1.56. The van der Waals surface area contributed by atoms with Crippen LogP contribution >= 0.6 is 0 Å². The number of hydrogen-bond acceptors (Lipinski definition) is 4. The first kappa shape index (κ1) is 21.8. The van der Waals surface area contributed by atoms with Crippen molar-refractivity contribution < 1.29 is 9.13 Å². The molecule has 1 aromatic carbocycles. The van der Waals surface area contributed by atoms with Gasteiger partial charge in [-0.05, 0) is 24.1 Å². The van der Waals surface area contributed by atoms with E-state index in [-0.39, 0.29) is 17.5 Å². The molecular formula is C23H26FN5O3. The lowest BCUT2D eigenvalue weighted by molar-refractivity contribution is 0.101. The summed E-state index contributed by atoms with van der Waals surface area (Å²) in [5.41, 5.74) is 2.21. The van der Waals surface area contributed by atoms with Crippen LogP contribution in [0.1, 0.15) is 42.7 Å². The van der Waals surface area contributed by atoms with Gasteiger partial charge in [0.05, 0.1) is 18.3 Å². The van der Waals surface area contributed by atoms with Crippen molar-refractivity contribution in [2.45, 2.75) is 45.4 Å². The molecule has 0 aliphatic carbocycles. The first-order valence-corrected chi connectivity index (χ1v) is 10.6. The van der Waals surface area contributed by atoms with Gasteiger partial charge in [0.25, 0.3) is 5.56 Å². The lowest BCUT2D eigenvalue weighted by atomic mass is 10.1. The number of fused-ring (bicyclic) bond motifs is 1. The molecule has 0 aliphatic heterocycles. The Morgan fingerprint density at radius 2 is 2.03 bits per heavy atom. The molecule has 1 unspecified atom stereocenters. The van der Waals surface area contributed by atoms with Gasteiger partial charge in [0, 0.05) is 37.5 Å². The molecule has 0 saturated carbocycles. The normalized spacial score (nSPS) is 12.5. The molecule has 4 rings (SSSR count). The molecule has 8 nitrogen and oxygen atoms in total. The van der Waals surface area contributed by atoms with Crippen LogP contribution < -0.4 is 11.2 Å². The van der Waals surface area contributed by atoms with Gasteiger partial charge >= 0.3 is 5.69 Å². The summed E-state index contributed by atoms with van der Waals surface area (Å²) in [4.78, 5) is 31.0. The van der Waals surface area contributed by atoms with Crippen molar-refractivity contribution in [2.24, 2.45) is 0 Å². The molecule has 0 amide bonds. The first-order valence-electron chi connectivity index (χ1n) is 10.6. The Kier molecular flexibility index (Phi) is 6.36. The summed E-state index contributed by atoms with van der Waals surface area (Å²) in [6, 6.07) is 8.34. The van der Waals surface area contributed by atoms with Crippen LogP contribution in [0.4, 0.5) is 4.39 Å². The number of halogens is 1. The van der Waals surface area contributed by atoms with E-state index in [1.807, 2.05) is 13.1 Å². The zero-order chi connectivity index (χ0) is 22.7. The van der Waals surface area contributed by atoms with Gasteiger partial charge in [0.1, 0.15) is 17.4 Å². The fourth-order valence-corrected chi connectivity index (χ4v) is 3.78. The molecule has 0 aliphatic rings. The lowest BCUT2D eigenvalue weighted by Crippen LogP contribution is -2.34. The lowest BCUT2D eigenvalue weighted by Gasteiger charge is -2.12. The average Bonchev–Trinajstić information content (AvgIpc) is 3.40. The first-order chi connectivity index (χ1) is 15.5. The Labute approximate surface area is 183 Å². The van der Waals surface area contributed by atoms with E-state index in [4.69, 9.17) is 4.74 Å². The van der Waals surface area contributed by atoms with Gasteiger partial charge in [-0.3, -0.25) is 14.0 Å². The van der Waals surface area contributed by atoms with Gasteiger partial charge in [-0.2, -0.15) is 5.10 Å². The molecule has 4 aromatic rings. The quantitative estimate of drug-likeness (QED) is 0.419. The van der Waals surface area contributed by atoms with Crippen molar-refractivity contribution >= 4 is 11.0 Å². The van der Waals surface area contributed by atoms with Gasteiger partial charge in [-0.25, -0.2) is 9.18 Å². The second-order valence-corrected chi connectivity index (χ2v) is 7.82. The molecule has 0 spiro atoms. The predicted octanol–water partition coefficient (Wildman–Crippen LogP) is 3.13. The summed E-state index contributed by atoms with van der Waals surface area (Å²) in [5, 5.41) is 4.33. The van der Waals surface area contributed by atoms with Crippen LogP contribution in [-0.4, -0.2) is 31.4 Å². The van der Waals surface area contributed by atoms with E-state index in [1.165, 1.54) is 10.6 Å². The summed E-state index contributed by atoms with van der Waals surface area (Å²) in [7, 11) is 1.59. The summed E-state index contributed by atoms with van der Waals surface area (Å²) in [6.07, 6.45) is 5.32. The van der Waals surface area contributed by atoms with Crippen molar-refractivity contribution in [2.75, 3.05) is 7.11 Å². The molecule has 3 heterocycles. The number of ether oxygens (including phenoxy) is 1. The molecule has 32 heavy (non-hydrogen) atoms. The molecule has 9 heteroatoms. The third-order valence-electron chi connectivity index (χ3n) is 5.55. The Bertz CT molecular complexity index is 1330. The molecule has 0 radical (unpaired) electrons. The number of nitrogens with one attached hydrogen (secondary N) is 2.